The van der Waals surface area contributed by atoms with E-state index in [0.717, 1.165) is 35.7 Å². The van der Waals surface area contributed by atoms with Gasteiger partial charge in [0.05, 0.1) is 31.3 Å². The number of nitrogens with one attached hydrogen (secondary N) is 2. The molecular formula is C32H37N5O4. The van der Waals surface area contributed by atoms with Gasteiger partial charge in [0.15, 0.2) is 0 Å². The standard InChI is InChI=1S/C32H37N5O4/c1-41-27-10-7-25(8-11-27)21-30(38)34-28-23-26(32(40)37-15-13-33-14-16-37)9-12-29(28)35-17-19-36(20-18-35)31(39)22-24-5-3-2-4-6-24/h2-12,23,33H,13-22H2,1H3,(H,34,38). The first-order valence-corrected chi connectivity index (χ1v) is 14.1. The molecule has 5 rings (SSSR count). The molecule has 2 N–H and O–H groups in total. The van der Waals surface area contributed by atoms with Gasteiger partial charge in [-0.25, -0.2) is 0 Å². The second kappa shape index (κ2) is 13.3. The molecule has 2 aliphatic heterocycles. The van der Waals surface area contributed by atoms with Gasteiger partial charge < -0.3 is 30.1 Å². The zero-order chi connectivity index (χ0) is 28.6. The third-order valence-electron chi connectivity index (χ3n) is 7.62. The van der Waals surface area contributed by atoms with Gasteiger partial charge >= 0.3 is 0 Å². The number of anilines is 2. The van der Waals surface area contributed by atoms with E-state index in [0.29, 0.717) is 56.9 Å². The van der Waals surface area contributed by atoms with Crippen molar-refractivity contribution in [2.45, 2.75) is 12.8 Å². The fourth-order valence-corrected chi connectivity index (χ4v) is 5.30. The number of amides is 3. The van der Waals surface area contributed by atoms with Crippen molar-refractivity contribution in [1.29, 1.82) is 0 Å². The summed E-state index contributed by atoms with van der Waals surface area (Å²) < 4.78 is 5.22. The molecule has 2 saturated heterocycles. The van der Waals surface area contributed by atoms with Gasteiger partial charge in [-0.1, -0.05) is 42.5 Å². The Kier molecular flexibility index (Phi) is 9.15. The van der Waals surface area contributed by atoms with Crippen molar-refractivity contribution in [1.82, 2.24) is 15.1 Å². The Labute approximate surface area is 241 Å². The lowest BCUT2D eigenvalue weighted by Gasteiger charge is -2.37. The van der Waals surface area contributed by atoms with Crippen molar-refractivity contribution in [3.8, 4) is 5.75 Å². The second-order valence-corrected chi connectivity index (χ2v) is 10.4. The minimum atomic E-state index is -0.167. The van der Waals surface area contributed by atoms with Gasteiger partial charge in [0, 0.05) is 57.9 Å². The number of carbonyl (C=O) groups is 3. The molecule has 0 aliphatic carbocycles. The summed E-state index contributed by atoms with van der Waals surface area (Å²) in [5, 5.41) is 6.35. The predicted octanol–water partition coefficient (Wildman–Crippen LogP) is 2.81. The van der Waals surface area contributed by atoms with Crippen LogP contribution in [-0.2, 0) is 22.4 Å². The molecule has 3 aromatic rings. The number of piperazine rings is 2. The van der Waals surface area contributed by atoms with E-state index in [2.05, 4.69) is 15.5 Å². The first kappa shape index (κ1) is 28.2. The molecule has 41 heavy (non-hydrogen) atoms. The van der Waals surface area contributed by atoms with E-state index < -0.39 is 0 Å². The summed E-state index contributed by atoms with van der Waals surface area (Å²) in [6, 6.07) is 22.7. The van der Waals surface area contributed by atoms with Crippen LogP contribution in [0.1, 0.15) is 21.5 Å². The molecule has 0 radical (unpaired) electrons. The van der Waals surface area contributed by atoms with Crippen molar-refractivity contribution in [3.63, 3.8) is 0 Å². The highest BCUT2D eigenvalue weighted by molar-refractivity contribution is 6.00. The minimum absolute atomic E-state index is 0.0416. The van der Waals surface area contributed by atoms with Crippen LogP contribution in [0.3, 0.4) is 0 Å². The highest BCUT2D eigenvalue weighted by Crippen LogP contribution is 2.29. The van der Waals surface area contributed by atoms with Crippen molar-refractivity contribution in [3.05, 3.63) is 89.5 Å². The van der Waals surface area contributed by atoms with Crippen molar-refractivity contribution >= 4 is 29.1 Å². The van der Waals surface area contributed by atoms with Crippen molar-refractivity contribution in [2.75, 3.05) is 69.7 Å². The van der Waals surface area contributed by atoms with Crippen LogP contribution in [0, 0.1) is 0 Å². The van der Waals surface area contributed by atoms with Gasteiger partial charge in [0.1, 0.15) is 5.75 Å². The molecule has 3 amide bonds. The fraction of sp³-hybridized carbons (Fsp3) is 0.344. The Bertz CT molecular complexity index is 1350. The molecule has 9 nitrogen and oxygen atoms in total. The largest absolute Gasteiger partial charge is 0.497 e. The van der Waals surface area contributed by atoms with Crippen LogP contribution in [0.25, 0.3) is 0 Å². The first-order valence-electron chi connectivity index (χ1n) is 14.1. The Balaban J connectivity index is 1.30. The van der Waals surface area contributed by atoms with Gasteiger partial charge in [-0.05, 0) is 41.5 Å². The lowest BCUT2D eigenvalue weighted by atomic mass is 10.1. The molecule has 0 spiro atoms. The lowest BCUT2D eigenvalue weighted by molar-refractivity contribution is -0.130. The molecule has 0 bridgehead atoms. The van der Waals surface area contributed by atoms with Gasteiger partial charge in [0.25, 0.3) is 5.91 Å². The zero-order valence-corrected chi connectivity index (χ0v) is 23.5. The van der Waals surface area contributed by atoms with Crippen LogP contribution in [0.5, 0.6) is 5.75 Å². The van der Waals surface area contributed by atoms with Crippen LogP contribution < -0.4 is 20.3 Å². The molecule has 0 saturated carbocycles. The van der Waals surface area contributed by atoms with E-state index >= 15 is 0 Å². The SMILES string of the molecule is COc1ccc(CC(=O)Nc2cc(C(=O)N3CCNCC3)ccc2N2CCN(C(=O)Cc3ccccc3)CC2)cc1. The monoisotopic (exact) mass is 555 g/mol. The second-order valence-electron chi connectivity index (χ2n) is 10.4. The molecule has 9 heteroatoms. The lowest BCUT2D eigenvalue weighted by Crippen LogP contribution is -2.49. The average molecular weight is 556 g/mol. The van der Waals surface area contributed by atoms with E-state index in [1.54, 1.807) is 13.2 Å². The number of hydrogen-bond donors (Lipinski definition) is 2. The summed E-state index contributed by atoms with van der Waals surface area (Å²) in [7, 11) is 1.61. The fourth-order valence-electron chi connectivity index (χ4n) is 5.30. The molecule has 214 valence electrons. The number of carbonyl (C=O) groups excluding carboxylic acids is 3. The van der Waals surface area contributed by atoms with Crippen LogP contribution in [0.15, 0.2) is 72.8 Å². The van der Waals surface area contributed by atoms with Gasteiger partial charge in [0.2, 0.25) is 11.8 Å². The maximum atomic E-state index is 13.3. The Hall–Kier alpha value is -4.37. The summed E-state index contributed by atoms with van der Waals surface area (Å²) >= 11 is 0. The number of hydrogen-bond acceptors (Lipinski definition) is 6. The number of nitrogens with zero attached hydrogens (tertiary/aromatic N) is 3. The van der Waals surface area contributed by atoms with Crippen LogP contribution >= 0.6 is 0 Å². The molecular weight excluding hydrogens is 518 g/mol. The van der Waals surface area contributed by atoms with Gasteiger partial charge in [-0.3, -0.25) is 14.4 Å². The molecule has 2 aliphatic rings. The van der Waals surface area contributed by atoms with E-state index in [4.69, 9.17) is 4.74 Å². The normalized spacial score (nSPS) is 15.4. The first-order chi connectivity index (χ1) is 20.0. The summed E-state index contributed by atoms with van der Waals surface area (Å²) in [6.07, 6.45) is 0.581. The highest BCUT2D eigenvalue weighted by Gasteiger charge is 2.25. The Morgan fingerprint density at radius 2 is 1.46 bits per heavy atom. The van der Waals surface area contributed by atoms with Crippen LogP contribution in [0.4, 0.5) is 11.4 Å². The molecule has 0 atom stereocenters. The van der Waals surface area contributed by atoms with E-state index in [1.807, 2.05) is 76.5 Å². The Morgan fingerprint density at radius 3 is 2.15 bits per heavy atom. The smallest absolute Gasteiger partial charge is 0.254 e. The maximum Gasteiger partial charge on any atom is 0.254 e. The zero-order valence-electron chi connectivity index (χ0n) is 23.5. The molecule has 0 unspecified atom stereocenters. The minimum Gasteiger partial charge on any atom is -0.497 e. The third kappa shape index (κ3) is 7.24. The topological polar surface area (TPSA) is 94.2 Å². The highest BCUT2D eigenvalue weighted by atomic mass is 16.5. The summed E-state index contributed by atoms with van der Waals surface area (Å²) in [4.78, 5) is 45.2. The van der Waals surface area contributed by atoms with Crippen LogP contribution in [0.2, 0.25) is 0 Å². The maximum absolute atomic E-state index is 13.3. The third-order valence-corrected chi connectivity index (χ3v) is 7.62. The molecule has 2 fully saturated rings. The molecule has 0 aromatic heterocycles. The van der Waals surface area contributed by atoms with E-state index in [1.165, 1.54) is 0 Å². The van der Waals surface area contributed by atoms with E-state index in [-0.39, 0.29) is 24.1 Å². The number of methoxy groups -OCH3 is 1. The number of rotatable bonds is 8. The summed E-state index contributed by atoms with van der Waals surface area (Å²) in [5.74, 6) is 0.637. The predicted molar refractivity (Wildman–Crippen MR) is 159 cm³/mol. The number of ether oxygens (including phenoxy) is 1. The molecule has 3 aromatic carbocycles. The average Bonchev–Trinajstić information content (AvgIpc) is 3.02. The van der Waals surface area contributed by atoms with Crippen molar-refractivity contribution in [2.24, 2.45) is 0 Å². The van der Waals surface area contributed by atoms with Gasteiger partial charge in [-0.2, -0.15) is 0 Å². The quantitative estimate of drug-likeness (QED) is 0.444. The summed E-state index contributed by atoms with van der Waals surface area (Å²) in [5.41, 5.74) is 3.87. The van der Waals surface area contributed by atoms with Crippen LogP contribution in [-0.4, -0.2) is 87.0 Å². The molecule has 2 heterocycles. The van der Waals surface area contributed by atoms with Crippen molar-refractivity contribution < 1.29 is 19.1 Å². The van der Waals surface area contributed by atoms with Gasteiger partial charge in [-0.15, -0.1) is 0 Å². The Morgan fingerprint density at radius 1 is 0.780 bits per heavy atom. The number of benzene rings is 3. The summed E-state index contributed by atoms with van der Waals surface area (Å²) in [6.45, 7) is 5.28. The van der Waals surface area contributed by atoms with E-state index in [9.17, 15) is 14.4 Å².